The van der Waals surface area contributed by atoms with Crippen LogP contribution in [-0.2, 0) is 28.6 Å². The highest BCUT2D eigenvalue weighted by Gasteiger charge is 2.19. The van der Waals surface area contributed by atoms with Gasteiger partial charge in [0.25, 0.3) is 0 Å². The Balaban J connectivity index is 4.36. The second-order valence-electron chi connectivity index (χ2n) is 21.0. The minimum Gasteiger partial charge on any atom is -0.462 e. The standard InChI is InChI=1S/C66H118O6/c1-4-7-10-13-16-19-22-25-28-31-33-35-38-41-44-47-50-53-56-59-65(68)71-62-63(61-70-64(67)58-55-52-49-46-43-40-37-30-27-24-21-18-15-12-9-6-3)72-66(69)60-57-54-51-48-45-42-39-36-34-32-29-26-23-20-17-14-11-8-5-2/h9,12,16,18-19,21-22,25,27,30,63H,4-8,10-11,13-15,17,20,23-24,26,28-29,31-62H2,1-3H3/b12-9-,19-16-,21-18-,25-22-,30-27-. The largest absolute Gasteiger partial charge is 0.462 e. The molecule has 6 heteroatoms. The zero-order valence-corrected chi connectivity index (χ0v) is 47.9. The van der Waals surface area contributed by atoms with E-state index in [-0.39, 0.29) is 31.1 Å². The molecule has 0 saturated carbocycles. The van der Waals surface area contributed by atoms with E-state index < -0.39 is 6.10 Å². The van der Waals surface area contributed by atoms with Crippen LogP contribution in [0.25, 0.3) is 0 Å². The lowest BCUT2D eigenvalue weighted by molar-refractivity contribution is -0.167. The second-order valence-corrected chi connectivity index (χ2v) is 21.0. The molecular weight excluding hydrogens is 889 g/mol. The summed E-state index contributed by atoms with van der Waals surface area (Å²) in [6.07, 6.45) is 76.4. The summed E-state index contributed by atoms with van der Waals surface area (Å²) in [4.78, 5) is 38.3. The molecule has 0 N–H and O–H groups in total. The minimum atomic E-state index is -0.780. The van der Waals surface area contributed by atoms with Crippen molar-refractivity contribution in [2.24, 2.45) is 0 Å². The molecule has 6 nitrogen and oxygen atoms in total. The fraction of sp³-hybridized carbons (Fsp3) is 0.803. The van der Waals surface area contributed by atoms with Gasteiger partial charge in [0.2, 0.25) is 0 Å². The van der Waals surface area contributed by atoms with Crippen molar-refractivity contribution in [1.82, 2.24) is 0 Å². The first-order valence-electron chi connectivity index (χ1n) is 31.3. The van der Waals surface area contributed by atoms with Crippen LogP contribution < -0.4 is 0 Å². The number of ether oxygens (including phenoxy) is 3. The normalized spacial score (nSPS) is 12.4. The summed E-state index contributed by atoms with van der Waals surface area (Å²) in [6.45, 7) is 6.54. The molecule has 0 aromatic rings. The predicted molar refractivity (Wildman–Crippen MR) is 312 cm³/mol. The van der Waals surface area contributed by atoms with E-state index in [9.17, 15) is 14.4 Å². The van der Waals surface area contributed by atoms with Gasteiger partial charge in [0, 0.05) is 19.3 Å². The van der Waals surface area contributed by atoms with Gasteiger partial charge in [-0.25, -0.2) is 0 Å². The van der Waals surface area contributed by atoms with E-state index in [0.29, 0.717) is 19.3 Å². The van der Waals surface area contributed by atoms with E-state index in [2.05, 4.69) is 81.5 Å². The molecular formula is C66H118O6. The summed E-state index contributed by atoms with van der Waals surface area (Å²) in [5.74, 6) is -0.875. The van der Waals surface area contributed by atoms with Crippen LogP contribution in [0, 0.1) is 0 Å². The van der Waals surface area contributed by atoms with E-state index >= 15 is 0 Å². The zero-order valence-electron chi connectivity index (χ0n) is 47.9. The fourth-order valence-corrected chi connectivity index (χ4v) is 9.10. The molecule has 0 aliphatic carbocycles. The molecule has 0 heterocycles. The Kier molecular flexibility index (Phi) is 58.2. The van der Waals surface area contributed by atoms with Gasteiger partial charge in [0.15, 0.2) is 6.10 Å². The number of hydrogen-bond acceptors (Lipinski definition) is 6. The topological polar surface area (TPSA) is 78.9 Å². The van der Waals surface area contributed by atoms with Gasteiger partial charge in [-0.15, -0.1) is 0 Å². The fourth-order valence-electron chi connectivity index (χ4n) is 9.10. The van der Waals surface area contributed by atoms with Gasteiger partial charge in [0.1, 0.15) is 13.2 Å². The SMILES string of the molecule is CC/C=C\C/C=C\C/C=C\CCCCCCCCC(=O)OCC(COC(=O)CCCCCCCCCCCC/C=C\C=C/CCCCC)OC(=O)CCCCCCCCCCCCCCCCCCCCC. The molecule has 0 saturated heterocycles. The van der Waals surface area contributed by atoms with Crippen molar-refractivity contribution >= 4 is 17.9 Å². The zero-order chi connectivity index (χ0) is 52.2. The monoisotopic (exact) mass is 1010 g/mol. The van der Waals surface area contributed by atoms with Gasteiger partial charge in [-0.3, -0.25) is 14.4 Å². The van der Waals surface area contributed by atoms with Crippen molar-refractivity contribution in [3.8, 4) is 0 Å². The van der Waals surface area contributed by atoms with Crippen LogP contribution in [0.5, 0.6) is 0 Å². The van der Waals surface area contributed by atoms with Crippen LogP contribution in [-0.4, -0.2) is 37.2 Å². The van der Waals surface area contributed by atoms with Crippen molar-refractivity contribution in [2.75, 3.05) is 13.2 Å². The van der Waals surface area contributed by atoms with E-state index in [1.165, 1.54) is 199 Å². The Morgan fingerprint density at radius 1 is 0.306 bits per heavy atom. The highest BCUT2D eigenvalue weighted by atomic mass is 16.6. The molecule has 0 bridgehead atoms. The Bertz CT molecular complexity index is 1290. The lowest BCUT2D eigenvalue weighted by Crippen LogP contribution is -2.30. The Morgan fingerprint density at radius 2 is 0.583 bits per heavy atom. The van der Waals surface area contributed by atoms with Crippen LogP contribution >= 0.6 is 0 Å². The van der Waals surface area contributed by atoms with Crippen LogP contribution in [0.2, 0.25) is 0 Å². The van der Waals surface area contributed by atoms with Gasteiger partial charge in [-0.05, 0) is 77.0 Å². The van der Waals surface area contributed by atoms with Crippen molar-refractivity contribution in [2.45, 2.75) is 329 Å². The first-order valence-corrected chi connectivity index (χ1v) is 31.3. The van der Waals surface area contributed by atoms with Gasteiger partial charge < -0.3 is 14.2 Å². The molecule has 0 aliphatic rings. The van der Waals surface area contributed by atoms with E-state index in [4.69, 9.17) is 14.2 Å². The molecule has 0 rings (SSSR count). The Morgan fingerprint density at radius 3 is 0.958 bits per heavy atom. The number of hydrogen-bond donors (Lipinski definition) is 0. The molecule has 1 atom stereocenters. The number of rotatable bonds is 57. The summed E-state index contributed by atoms with van der Waals surface area (Å²) in [5.41, 5.74) is 0. The smallest absolute Gasteiger partial charge is 0.306 e. The molecule has 0 radical (unpaired) electrons. The lowest BCUT2D eigenvalue weighted by Gasteiger charge is -2.18. The third-order valence-corrected chi connectivity index (χ3v) is 13.8. The average Bonchev–Trinajstić information content (AvgIpc) is 3.38. The number of esters is 3. The van der Waals surface area contributed by atoms with Crippen molar-refractivity contribution in [3.05, 3.63) is 60.8 Å². The minimum absolute atomic E-state index is 0.0773. The van der Waals surface area contributed by atoms with Crippen molar-refractivity contribution in [1.29, 1.82) is 0 Å². The highest BCUT2D eigenvalue weighted by Crippen LogP contribution is 2.17. The molecule has 0 amide bonds. The predicted octanol–water partition coefficient (Wildman–Crippen LogP) is 21.2. The number of carbonyl (C=O) groups is 3. The maximum atomic E-state index is 12.9. The third kappa shape index (κ3) is 58.0. The molecule has 0 spiro atoms. The third-order valence-electron chi connectivity index (χ3n) is 13.8. The number of carbonyl (C=O) groups excluding carboxylic acids is 3. The summed E-state index contributed by atoms with van der Waals surface area (Å²) in [6, 6.07) is 0. The van der Waals surface area contributed by atoms with Crippen molar-refractivity contribution in [3.63, 3.8) is 0 Å². The molecule has 0 aliphatic heterocycles. The summed E-state index contributed by atoms with van der Waals surface area (Å²) < 4.78 is 16.9. The first kappa shape index (κ1) is 69.1. The van der Waals surface area contributed by atoms with Crippen LogP contribution in [0.1, 0.15) is 323 Å². The summed E-state index contributed by atoms with van der Waals surface area (Å²) in [7, 11) is 0. The Hall–Kier alpha value is -2.89. The van der Waals surface area contributed by atoms with Crippen molar-refractivity contribution < 1.29 is 28.6 Å². The number of unbranched alkanes of at least 4 members (excludes halogenated alkanes) is 37. The molecule has 0 aromatic heterocycles. The maximum Gasteiger partial charge on any atom is 0.306 e. The van der Waals surface area contributed by atoms with E-state index in [1.807, 2.05) is 0 Å². The van der Waals surface area contributed by atoms with E-state index in [1.54, 1.807) is 0 Å². The highest BCUT2D eigenvalue weighted by molar-refractivity contribution is 5.71. The van der Waals surface area contributed by atoms with Crippen LogP contribution in [0.4, 0.5) is 0 Å². The van der Waals surface area contributed by atoms with Gasteiger partial charge in [-0.1, -0.05) is 287 Å². The summed E-state index contributed by atoms with van der Waals surface area (Å²) in [5, 5.41) is 0. The van der Waals surface area contributed by atoms with Gasteiger partial charge in [0.05, 0.1) is 0 Å². The lowest BCUT2D eigenvalue weighted by atomic mass is 10.0. The first-order chi connectivity index (χ1) is 35.5. The average molecular weight is 1010 g/mol. The quantitative estimate of drug-likeness (QED) is 0.0199. The van der Waals surface area contributed by atoms with Gasteiger partial charge in [-0.2, -0.15) is 0 Å². The van der Waals surface area contributed by atoms with Crippen LogP contribution in [0.15, 0.2) is 60.8 Å². The molecule has 0 aromatic carbocycles. The second kappa shape index (κ2) is 60.7. The van der Waals surface area contributed by atoms with E-state index in [0.717, 1.165) is 83.5 Å². The van der Waals surface area contributed by atoms with Gasteiger partial charge >= 0.3 is 17.9 Å². The molecule has 72 heavy (non-hydrogen) atoms. The molecule has 0 fully saturated rings. The maximum absolute atomic E-state index is 12.9. The molecule has 418 valence electrons. The van der Waals surface area contributed by atoms with Crippen LogP contribution in [0.3, 0.4) is 0 Å². The summed E-state index contributed by atoms with van der Waals surface area (Å²) >= 11 is 0. The molecule has 1 unspecified atom stereocenters. The Labute approximate surface area is 447 Å². The number of allylic oxidation sites excluding steroid dienone is 10.